The Kier molecular flexibility index (Phi) is 6.85. The summed E-state index contributed by atoms with van der Waals surface area (Å²) in [5, 5.41) is 25.4. The normalized spacial score (nSPS) is 23.5. The molecule has 2 aliphatic heterocycles. The second-order valence-corrected chi connectivity index (χ2v) is 10.5. The van der Waals surface area contributed by atoms with E-state index in [4.69, 9.17) is 4.42 Å². The van der Waals surface area contributed by atoms with Crippen molar-refractivity contribution in [1.29, 1.82) is 0 Å². The van der Waals surface area contributed by atoms with E-state index in [1.54, 1.807) is 0 Å². The fraction of sp³-hybridized carbons (Fsp3) is 0.483. The van der Waals surface area contributed by atoms with Crippen molar-refractivity contribution in [3.8, 4) is 22.8 Å². The van der Waals surface area contributed by atoms with Crippen molar-refractivity contribution >= 4 is 11.0 Å². The molecular weight excluding hydrogens is 440 g/mol. The van der Waals surface area contributed by atoms with Gasteiger partial charge in [-0.15, -0.1) is 0 Å². The molecule has 35 heavy (non-hydrogen) atoms. The Morgan fingerprint density at radius 3 is 2.60 bits per heavy atom. The first-order chi connectivity index (χ1) is 16.9. The Balaban J connectivity index is 1.68. The Morgan fingerprint density at radius 1 is 1.09 bits per heavy atom. The highest BCUT2D eigenvalue weighted by Gasteiger charge is 2.28. The van der Waals surface area contributed by atoms with Crippen molar-refractivity contribution in [2.24, 2.45) is 0 Å². The summed E-state index contributed by atoms with van der Waals surface area (Å²) in [5.41, 5.74) is 1.58. The molecule has 0 spiro atoms. The molecule has 5 rings (SSSR count). The SMILES string of the molecule is CC1CCCCN1Cc1c([O-])c(C[NH+]2CCCCC2C)c2oc(-c3ccccc3)cc(=O)c2c1O. The van der Waals surface area contributed by atoms with Crippen LogP contribution in [0.2, 0.25) is 0 Å². The van der Waals surface area contributed by atoms with Crippen LogP contribution in [0.3, 0.4) is 0 Å². The minimum atomic E-state index is -0.307. The summed E-state index contributed by atoms with van der Waals surface area (Å²) in [6.45, 7) is 7.14. The second kappa shape index (κ2) is 10.0. The Bertz CT molecular complexity index is 1250. The average Bonchev–Trinajstić information content (AvgIpc) is 2.86. The quantitative estimate of drug-likeness (QED) is 0.589. The van der Waals surface area contributed by atoms with E-state index in [-0.39, 0.29) is 27.9 Å². The number of hydrogen-bond acceptors (Lipinski definition) is 5. The molecule has 1 aromatic heterocycles. The molecule has 0 amide bonds. The first kappa shape index (κ1) is 23.9. The third-order valence-corrected chi connectivity index (χ3v) is 8.14. The molecule has 186 valence electrons. The van der Waals surface area contributed by atoms with E-state index in [9.17, 15) is 15.0 Å². The summed E-state index contributed by atoms with van der Waals surface area (Å²) in [7, 11) is 0. The van der Waals surface area contributed by atoms with Crippen LogP contribution in [0.5, 0.6) is 11.5 Å². The zero-order valence-electron chi connectivity index (χ0n) is 20.8. The van der Waals surface area contributed by atoms with Gasteiger partial charge in [0.1, 0.15) is 23.4 Å². The van der Waals surface area contributed by atoms with Crippen LogP contribution >= 0.6 is 0 Å². The van der Waals surface area contributed by atoms with Gasteiger partial charge in [-0.05, 0) is 52.5 Å². The fourth-order valence-electron chi connectivity index (χ4n) is 5.86. The molecule has 2 aromatic carbocycles. The summed E-state index contributed by atoms with van der Waals surface area (Å²) in [5.74, 6) is 0.0373. The smallest absolute Gasteiger partial charge is 0.197 e. The van der Waals surface area contributed by atoms with Crippen LogP contribution in [-0.4, -0.2) is 35.2 Å². The van der Waals surface area contributed by atoms with Crippen LogP contribution in [-0.2, 0) is 13.1 Å². The minimum absolute atomic E-state index is 0.142. The highest BCUT2D eigenvalue weighted by Crippen LogP contribution is 2.39. The topological polar surface area (TPSA) is 81.2 Å². The predicted octanol–water partition coefficient (Wildman–Crippen LogP) is 3.57. The van der Waals surface area contributed by atoms with Crippen molar-refractivity contribution in [1.82, 2.24) is 4.90 Å². The van der Waals surface area contributed by atoms with Crippen molar-refractivity contribution in [3.63, 3.8) is 0 Å². The number of benzene rings is 2. The first-order valence-electron chi connectivity index (χ1n) is 13.1. The number of aromatic hydroxyl groups is 1. The van der Waals surface area contributed by atoms with E-state index in [0.717, 1.165) is 44.3 Å². The largest absolute Gasteiger partial charge is 0.872 e. The van der Waals surface area contributed by atoms with Gasteiger partial charge in [-0.25, -0.2) is 0 Å². The fourth-order valence-corrected chi connectivity index (χ4v) is 5.86. The van der Waals surface area contributed by atoms with Crippen LogP contribution in [0.4, 0.5) is 0 Å². The van der Waals surface area contributed by atoms with Crippen molar-refractivity contribution in [2.45, 2.75) is 77.5 Å². The third kappa shape index (κ3) is 4.69. The van der Waals surface area contributed by atoms with Gasteiger partial charge in [0.2, 0.25) is 0 Å². The van der Waals surface area contributed by atoms with Gasteiger partial charge in [-0.1, -0.05) is 42.5 Å². The molecule has 2 fully saturated rings. The van der Waals surface area contributed by atoms with Gasteiger partial charge in [0.05, 0.1) is 12.6 Å². The number of quaternary nitrogens is 1. The Hall–Kier alpha value is -2.83. The van der Waals surface area contributed by atoms with Crippen LogP contribution in [0, 0.1) is 0 Å². The van der Waals surface area contributed by atoms with Gasteiger partial charge in [0, 0.05) is 35.3 Å². The lowest BCUT2D eigenvalue weighted by Crippen LogP contribution is -3.14. The van der Waals surface area contributed by atoms with Crippen LogP contribution in [0.25, 0.3) is 22.3 Å². The zero-order chi connectivity index (χ0) is 24.5. The summed E-state index contributed by atoms with van der Waals surface area (Å²) >= 11 is 0. The lowest BCUT2D eigenvalue weighted by Gasteiger charge is -2.36. The van der Waals surface area contributed by atoms with Gasteiger partial charge < -0.3 is 19.5 Å². The predicted molar refractivity (Wildman–Crippen MR) is 136 cm³/mol. The van der Waals surface area contributed by atoms with E-state index in [0.29, 0.717) is 42.1 Å². The van der Waals surface area contributed by atoms with Crippen LogP contribution < -0.4 is 15.4 Å². The standard InChI is InChI=1S/C29H36N2O4/c1-19-10-6-8-14-30(19)17-22-27(33)23(18-31-15-9-7-11-20(31)2)29-26(28(22)34)24(32)16-25(35-29)21-12-4-3-5-13-21/h3-5,12-13,16,19-20,33-34H,6-11,14-15,17-18H2,1-2H3. The summed E-state index contributed by atoms with van der Waals surface area (Å²) in [6.07, 6.45) is 6.79. The van der Waals surface area contributed by atoms with E-state index < -0.39 is 0 Å². The number of fused-ring (bicyclic) bond motifs is 1. The molecule has 6 heteroatoms. The van der Waals surface area contributed by atoms with Gasteiger partial charge >= 0.3 is 0 Å². The zero-order valence-corrected chi connectivity index (χ0v) is 20.8. The second-order valence-electron chi connectivity index (χ2n) is 10.5. The molecule has 0 radical (unpaired) electrons. The van der Waals surface area contributed by atoms with E-state index >= 15 is 0 Å². The van der Waals surface area contributed by atoms with E-state index in [2.05, 4.69) is 18.7 Å². The molecular formula is C29H36N2O4. The lowest BCUT2D eigenvalue weighted by atomic mass is 9.96. The highest BCUT2D eigenvalue weighted by atomic mass is 16.3. The highest BCUT2D eigenvalue weighted by molar-refractivity contribution is 5.90. The lowest BCUT2D eigenvalue weighted by molar-refractivity contribution is -0.941. The van der Waals surface area contributed by atoms with Crippen molar-refractivity contribution in [3.05, 3.63) is 57.7 Å². The van der Waals surface area contributed by atoms with Gasteiger partial charge in [-0.3, -0.25) is 9.69 Å². The van der Waals surface area contributed by atoms with E-state index in [1.165, 1.54) is 23.8 Å². The van der Waals surface area contributed by atoms with Gasteiger partial charge in [0.15, 0.2) is 11.0 Å². The number of nitrogens with zero attached hydrogens (tertiary/aromatic N) is 1. The maximum Gasteiger partial charge on any atom is 0.197 e. The Labute approximate surface area is 206 Å². The molecule has 2 aliphatic rings. The summed E-state index contributed by atoms with van der Waals surface area (Å²) < 4.78 is 6.28. The number of piperidine rings is 2. The number of hydrogen-bond donors (Lipinski definition) is 2. The summed E-state index contributed by atoms with van der Waals surface area (Å²) in [4.78, 5) is 17.0. The molecule has 3 unspecified atom stereocenters. The maximum absolute atomic E-state index is 14.0. The molecule has 3 aromatic rings. The number of likely N-dealkylation sites (tertiary alicyclic amines) is 2. The van der Waals surface area contributed by atoms with Gasteiger partial charge in [-0.2, -0.15) is 0 Å². The first-order valence-corrected chi connectivity index (χ1v) is 13.1. The average molecular weight is 477 g/mol. The third-order valence-electron chi connectivity index (χ3n) is 8.14. The molecule has 2 N–H and O–H groups in total. The number of phenolic OH excluding ortho intramolecular Hbond substituents is 1. The number of rotatable bonds is 5. The molecule has 0 bridgehead atoms. The molecule has 3 atom stereocenters. The monoisotopic (exact) mass is 476 g/mol. The number of phenols is 1. The van der Waals surface area contributed by atoms with Crippen molar-refractivity contribution in [2.75, 3.05) is 13.1 Å². The molecule has 3 heterocycles. The van der Waals surface area contributed by atoms with E-state index in [1.807, 2.05) is 30.3 Å². The molecule has 2 saturated heterocycles. The number of nitrogens with one attached hydrogen (secondary N) is 1. The molecule has 0 saturated carbocycles. The van der Waals surface area contributed by atoms with Crippen LogP contribution in [0.15, 0.2) is 45.6 Å². The van der Waals surface area contributed by atoms with Gasteiger partial charge in [0.25, 0.3) is 0 Å². The molecule has 0 aliphatic carbocycles. The minimum Gasteiger partial charge on any atom is -0.872 e. The Morgan fingerprint density at radius 2 is 1.86 bits per heavy atom. The van der Waals surface area contributed by atoms with Crippen LogP contribution in [0.1, 0.15) is 63.5 Å². The maximum atomic E-state index is 14.0. The molecule has 6 nitrogen and oxygen atoms in total. The van der Waals surface area contributed by atoms with Crippen molar-refractivity contribution < 1.29 is 19.5 Å². The summed E-state index contributed by atoms with van der Waals surface area (Å²) in [6, 6.07) is 11.7.